The maximum absolute atomic E-state index is 10.2. The van der Waals surface area contributed by atoms with Crippen LogP contribution in [0, 0.1) is 5.92 Å². The van der Waals surface area contributed by atoms with Crippen LogP contribution >= 0.6 is 0 Å². The fraction of sp³-hybridized carbons (Fsp3) is 0.692. The fourth-order valence-corrected chi connectivity index (χ4v) is 5.23. The first-order chi connectivity index (χ1) is 7.95. The van der Waals surface area contributed by atoms with E-state index in [9.17, 15) is 5.11 Å². The predicted octanol–water partition coefficient (Wildman–Crippen LogP) is 2.10. The van der Waals surface area contributed by atoms with E-state index in [2.05, 4.69) is 26.2 Å². The molecule has 0 saturated carbocycles. The summed E-state index contributed by atoms with van der Waals surface area (Å²) in [6, 6.07) is 0. The zero-order chi connectivity index (χ0) is 12.6. The summed E-state index contributed by atoms with van der Waals surface area (Å²) in [7, 11) is -1.51. The highest BCUT2D eigenvalue weighted by Crippen LogP contribution is 2.44. The van der Waals surface area contributed by atoms with Crippen LogP contribution in [0.5, 0.6) is 0 Å². The van der Waals surface area contributed by atoms with Crippen molar-refractivity contribution in [2.75, 3.05) is 13.2 Å². The first kappa shape index (κ1) is 13.0. The summed E-state index contributed by atoms with van der Waals surface area (Å²) >= 11 is 0. The van der Waals surface area contributed by atoms with Crippen LogP contribution in [0.2, 0.25) is 19.6 Å². The molecular formula is C13H22O3Si. The molecule has 96 valence electrons. The highest BCUT2D eigenvalue weighted by atomic mass is 28.3. The molecule has 1 aliphatic carbocycles. The Balaban J connectivity index is 2.29. The Morgan fingerprint density at radius 3 is 2.82 bits per heavy atom. The third kappa shape index (κ3) is 2.40. The van der Waals surface area contributed by atoms with E-state index in [0.717, 1.165) is 6.42 Å². The molecule has 1 fully saturated rings. The molecule has 0 unspecified atom stereocenters. The number of rotatable bonds is 4. The lowest BCUT2D eigenvalue weighted by atomic mass is 10.1. The first-order valence-corrected chi connectivity index (χ1v) is 9.71. The predicted molar refractivity (Wildman–Crippen MR) is 70.4 cm³/mol. The minimum atomic E-state index is -1.51. The van der Waals surface area contributed by atoms with Crippen LogP contribution in [0.15, 0.2) is 23.4 Å². The van der Waals surface area contributed by atoms with Crippen molar-refractivity contribution in [2.24, 2.45) is 5.92 Å². The van der Waals surface area contributed by atoms with Gasteiger partial charge in [0, 0.05) is 5.92 Å². The van der Waals surface area contributed by atoms with Gasteiger partial charge in [0.1, 0.15) is 0 Å². The van der Waals surface area contributed by atoms with Crippen LogP contribution in [0.4, 0.5) is 0 Å². The number of hydrogen-bond acceptors (Lipinski definition) is 3. The second kappa shape index (κ2) is 4.69. The zero-order valence-electron chi connectivity index (χ0n) is 10.9. The molecule has 2 aliphatic rings. The number of aliphatic hydroxyl groups is 1. The molecule has 3 atom stereocenters. The largest absolute Gasteiger partial charge is 0.389 e. The Morgan fingerprint density at radius 2 is 2.24 bits per heavy atom. The Kier molecular flexibility index (Phi) is 3.59. The van der Waals surface area contributed by atoms with Gasteiger partial charge in [-0.05, 0) is 17.2 Å². The molecule has 0 aromatic heterocycles. The lowest BCUT2D eigenvalue weighted by Gasteiger charge is -2.25. The third-order valence-corrected chi connectivity index (χ3v) is 5.71. The van der Waals surface area contributed by atoms with Gasteiger partial charge in [0.15, 0.2) is 6.29 Å². The average molecular weight is 254 g/mol. The van der Waals surface area contributed by atoms with Gasteiger partial charge in [0.2, 0.25) is 0 Å². The average Bonchev–Trinajstić information content (AvgIpc) is 2.71. The molecule has 0 bridgehead atoms. The number of aliphatic hydroxyl groups excluding tert-OH is 1. The van der Waals surface area contributed by atoms with Gasteiger partial charge >= 0.3 is 0 Å². The van der Waals surface area contributed by atoms with Crippen LogP contribution in [0.1, 0.15) is 6.42 Å². The third-order valence-electron chi connectivity index (χ3n) is 3.47. The molecule has 1 saturated heterocycles. The molecule has 0 aromatic rings. The van der Waals surface area contributed by atoms with E-state index in [0.29, 0.717) is 19.1 Å². The van der Waals surface area contributed by atoms with Gasteiger partial charge in [0.05, 0.1) is 27.4 Å². The zero-order valence-corrected chi connectivity index (χ0v) is 11.9. The van der Waals surface area contributed by atoms with Crippen molar-refractivity contribution in [3.8, 4) is 0 Å². The molecule has 0 aromatic carbocycles. The van der Waals surface area contributed by atoms with E-state index in [1.807, 2.05) is 0 Å². The lowest BCUT2D eigenvalue weighted by molar-refractivity contribution is -0.0856. The van der Waals surface area contributed by atoms with Crippen molar-refractivity contribution >= 4 is 8.07 Å². The quantitative estimate of drug-likeness (QED) is 0.617. The lowest BCUT2D eigenvalue weighted by Crippen LogP contribution is -2.32. The van der Waals surface area contributed by atoms with Crippen molar-refractivity contribution in [3.05, 3.63) is 23.4 Å². The number of fused-ring (bicyclic) bond motifs is 1. The number of hydrogen-bond donors (Lipinski definition) is 1. The van der Waals surface area contributed by atoms with E-state index >= 15 is 0 Å². The monoisotopic (exact) mass is 254 g/mol. The molecule has 17 heavy (non-hydrogen) atoms. The minimum Gasteiger partial charge on any atom is -0.389 e. The summed E-state index contributed by atoms with van der Waals surface area (Å²) in [5.41, 5.74) is 1.23. The normalized spacial score (nSPS) is 33.1. The van der Waals surface area contributed by atoms with E-state index in [1.165, 1.54) is 10.8 Å². The Bertz CT molecular complexity index is 343. The maximum Gasteiger partial charge on any atom is 0.180 e. The van der Waals surface area contributed by atoms with Gasteiger partial charge in [-0.25, -0.2) is 0 Å². The van der Waals surface area contributed by atoms with Crippen LogP contribution < -0.4 is 0 Å². The van der Waals surface area contributed by atoms with Gasteiger partial charge in [-0.2, -0.15) is 0 Å². The Hall–Kier alpha value is -0.423. The SMILES string of the molecule is C=CCO[C@@H]1OC[C@H]2C[C@@H](O)C([Si](C)(C)C)=C21. The molecule has 0 spiro atoms. The van der Waals surface area contributed by atoms with E-state index < -0.39 is 8.07 Å². The molecule has 0 radical (unpaired) electrons. The molecule has 2 rings (SSSR count). The summed E-state index contributed by atoms with van der Waals surface area (Å²) in [5, 5.41) is 11.5. The van der Waals surface area contributed by atoms with Crippen LogP contribution in [0.3, 0.4) is 0 Å². The molecule has 4 heteroatoms. The summed E-state index contributed by atoms with van der Waals surface area (Å²) in [5.74, 6) is 0.363. The molecule has 3 nitrogen and oxygen atoms in total. The smallest absolute Gasteiger partial charge is 0.180 e. The maximum atomic E-state index is 10.2. The summed E-state index contributed by atoms with van der Waals surface area (Å²) in [4.78, 5) is 0. The van der Waals surface area contributed by atoms with Gasteiger partial charge < -0.3 is 14.6 Å². The van der Waals surface area contributed by atoms with Crippen LogP contribution in [0.25, 0.3) is 0 Å². The van der Waals surface area contributed by atoms with Gasteiger partial charge in [-0.15, -0.1) is 6.58 Å². The van der Waals surface area contributed by atoms with Crippen LogP contribution in [-0.4, -0.2) is 38.8 Å². The minimum absolute atomic E-state index is 0.253. The summed E-state index contributed by atoms with van der Waals surface area (Å²) in [6.45, 7) is 11.6. The topological polar surface area (TPSA) is 38.7 Å². The van der Waals surface area contributed by atoms with E-state index in [4.69, 9.17) is 9.47 Å². The van der Waals surface area contributed by atoms with Crippen molar-refractivity contribution in [1.29, 1.82) is 0 Å². The highest BCUT2D eigenvalue weighted by molar-refractivity contribution is 6.83. The second-order valence-electron chi connectivity index (χ2n) is 5.85. The second-order valence-corrected chi connectivity index (χ2v) is 10.9. The first-order valence-electron chi connectivity index (χ1n) is 6.21. The van der Waals surface area contributed by atoms with E-state index in [1.54, 1.807) is 6.08 Å². The summed E-state index contributed by atoms with van der Waals surface area (Å²) in [6.07, 6.45) is 2.01. The molecular weight excluding hydrogens is 232 g/mol. The van der Waals surface area contributed by atoms with Crippen molar-refractivity contribution in [3.63, 3.8) is 0 Å². The van der Waals surface area contributed by atoms with Crippen LogP contribution in [-0.2, 0) is 9.47 Å². The van der Waals surface area contributed by atoms with Gasteiger partial charge in [-0.3, -0.25) is 0 Å². The van der Waals surface area contributed by atoms with Crippen molar-refractivity contribution in [1.82, 2.24) is 0 Å². The van der Waals surface area contributed by atoms with Crippen molar-refractivity contribution < 1.29 is 14.6 Å². The molecule has 1 aliphatic heterocycles. The Labute approximate surface area is 104 Å². The molecule has 1 N–H and O–H groups in total. The Morgan fingerprint density at radius 1 is 1.53 bits per heavy atom. The molecule has 1 heterocycles. The fourth-order valence-electron chi connectivity index (χ4n) is 2.92. The number of ether oxygens (including phenoxy) is 2. The van der Waals surface area contributed by atoms with Crippen molar-refractivity contribution in [2.45, 2.75) is 38.5 Å². The standard InChI is InChI=1S/C13H22O3Si/c1-5-6-15-13-11-9(8-16-13)7-10(14)12(11)17(2,3)4/h5,9-10,13-14H,1,6-8H2,2-4H3/t9-,10-,13-/m1/s1. The molecule has 0 amide bonds. The van der Waals surface area contributed by atoms with E-state index in [-0.39, 0.29) is 12.4 Å². The van der Waals surface area contributed by atoms with Gasteiger partial charge in [-0.1, -0.05) is 25.7 Å². The highest BCUT2D eigenvalue weighted by Gasteiger charge is 2.45. The van der Waals surface area contributed by atoms with Gasteiger partial charge in [0.25, 0.3) is 0 Å². The summed E-state index contributed by atoms with van der Waals surface area (Å²) < 4.78 is 11.3.